The Morgan fingerprint density at radius 1 is 0.933 bits per heavy atom. The summed E-state index contributed by atoms with van der Waals surface area (Å²) in [4.78, 5) is 19.4. The fourth-order valence-electron chi connectivity index (χ4n) is 0.289. The van der Waals surface area contributed by atoms with Crippen molar-refractivity contribution in [1.82, 2.24) is 0 Å². The fourth-order valence-corrected chi connectivity index (χ4v) is 0.289. The predicted molar refractivity (Wildman–Crippen MR) is 48.9 cm³/mol. The van der Waals surface area contributed by atoms with E-state index in [9.17, 15) is 19.8 Å². The summed E-state index contributed by atoms with van der Waals surface area (Å²) in [6, 6.07) is 0. The van der Waals surface area contributed by atoms with Crippen LogP contribution in [-0.2, 0) is 35.8 Å². The Bertz CT molecular complexity index is 220. The molecule has 0 aliphatic rings. The molecule has 0 saturated carbocycles. The molecule has 0 N–H and O–H groups in total. The molecule has 4 nitrogen and oxygen atoms in total. The minimum absolute atomic E-state index is 0. The van der Waals surface area contributed by atoms with Crippen LogP contribution in [0.1, 0.15) is 26.7 Å². The van der Waals surface area contributed by atoms with Gasteiger partial charge in [0.25, 0.3) is 0 Å². The molecule has 0 aliphatic heterocycles. The molecule has 5 heteroatoms. The molecular formula is C10H14O4Zr. The molecule has 0 fully saturated rings. The van der Waals surface area contributed by atoms with Crippen LogP contribution in [0.25, 0.3) is 0 Å². The summed E-state index contributed by atoms with van der Waals surface area (Å²) in [5.41, 5.74) is 0.306. The Morgan fingerprint density at radius 3 is 1.13 bits per heavy atom. The Labute approximate surface area is 109 Å². The van der Waals surface area contributed by atoms with E-state index in [1.807, 2.05) is 0 Å². The van der Waals surface area contributed by atoms with Crippen molar-refractivity contribution in [1.29, 1.82) is 0 Å². The van der Waals surface area contributed by atoms with Crippen molar-refractivity contribution in [2.45, 2.75) is 26.7 Å². The molecule has 0 aromatic rings. The van der Waals surface area contributed by atoms with Gasteiger partial charge in [-0.25, -0.2) is 0 Å². The third-order valence-electron chi connectivity index (χ3n) is 1.43. The molecule has 0 bridgehead atoms. The van der Waals surface area contributed by atoms with Crippen LogP contribution in [0.4, 0.5) is 0 Å². The summed E-state index contributed by atoms with van der Waals surface area (Å²) in [6.07, 6.45) is 0.921. The molecule has 15 heavy (non-hydrogen) atoms. The maximum atomic E-state index is 9.72. The molecule has 82 valence electrons. The second-order valence-corrected chi connectivity index (χ2v) is 2.49. The molecule has 0 aliphatic carbocycles. The van der Waals surface area contributed by atoms with Gasteiger partial charge in [0.2, 0.25) is 0 Å². The Balaban J connectivity index is -0.000000180. The fraction of sp³-hybridized carbons (Fsp3) is 0.400. The summed E-state index contributed by atoms with van der Waals surface area (Å²) in [5, 5.41) is 19.4. The zero-order valence-corrected chi connectivity index (χ0v) is 11.4. The first-order chi connectivity index (χ1) is 6.36. The van der Waals surface area contributed by atoms with Gasteiger partial charge in [0.1, 0.15) is 0 Å². The van der Waals surface area contributed by atoms with Gasteiger partial charge in [-0.05, 0) is 24.0 Å². The van der Waals surface area contributed by atoms with E-state index in [1.165, 1.54) is 0 Å². The van der Waals surface area contributed by atoms with E-state index >= 15 is 0 Å². The number of carboxylic acids is 2. The van der Waals surface area contributed by atoms with Gasteiger partial charge in [-0.3, -0.25) is 0 Å². The van der Waals surface area contributed by atoms with E-state index in [0.29, 0.717) is 12.8 Å². The van der Waals surface area contributed by atoms with Gasteiger partial charge in [0, 0.05) is 0 Å². The van der Waals surface area contributed by atoms with Crippen LogP contribution < -0.4 is 10.2 Å². The van der Waals surface area contributed by atoms with Crippen molar-refractivity contribution in [3.8, 4) is 0 Å². The van der Waals surface area contributed by atoms with E-state index in [0.717, 1.165) is 0 Å². The standard InChI is InChI=1S/2C5H8O2.Zr/c2*1-3-4(2)5(6)7;/h2*2-3H2,1H3,(H,6,7);/q;;+2/p-2. The number of carbonyl (C=O) groups is 2. The minimum atomic E-state index is -1.15. The van der Waals surface area contributed by atoms with E-state index in [4.69, 9.17) is 0 Å². The van der Waals surface area contributed by atoms with Gasteiger partial charge in [-0.15, -0.1) is 0 Å². The van der Waals surface area contributed by atoms with Gasteiger partial charge < -0.3 is 19.8 Å². The SMILES string of the molecule is C=C(CC)C(=O)[O-].C=C(CC)C(=O)[O-].[Zr+2]. The molecule has 0 radical (unpaired) electrons. The van der Waals surface area contributed by atoms with Crippen LogP contribution in [0.3, 0.4) is 0 Å². The number of aliphatic carboxylic acids is 2. The largest absolute Gasteiger partial charge is 2.00 e. The van der Waals surface area contributed by atoms with Crippen molar-refractivity contribution < 1.29 is 46.0 Å². The number of carbonyl (C=O) groups excluding carboxylic acids is 2. The molecule has 0 unspecified atom stereocenters. The second-order valence-electron chi connectivity index (χ2n) is 2.49. The Kier molecular flexibility index (Phi) is 15.0. The predicted octanol–water partition coefficient (Wildman–Crippen LogP) is -0.598. The van der Waals surface area contributed by atoms with Crippen molar-refractivity contribution in [2.24, 2.45) is 0 Å². The monoisotopic (exact) mass is 288 g/mol. The molecule has 0 spiro atoms. The summed E-state index contributed by atoms with van der Waals surface area (Å²) < 4.78 is 0. The maximum Gasteiger partial charge on any atom is 2.00 e. The summed E-state index contributed by atoms with van der Waals surface area (Å²) in [6.45, 7) is 9.86. The number of carboxylic acid groups (broad SMARTS) is 2. The zero-order chi connectivity index (χ0) is 11.7. The van der Waals surface area contributed by atoms with E-state index in [2.05, 4.69) is 13.2 Å². The molecule has 0 aromatic carbocycles. The minimum Gasteiger partial charge on any atom is -0.545 e. The molecule has 0 rings (SSSR count). The number of hydrogen-bond acceptors (Lipinski definition) is 4. The molecule has 0 saturated heterocycles. The first-order valence-corrected chi connectivity index (χ1v) is 4.14. The third kappa shape index (κ3) is 13.3. The second kappa shape index (κ2) is 11.4. The van der Waals surface area contributed by atoms with Crippen molar-refractivity contribution in [3.05, 3.63) is 24.3 Å². The maximum absolute atomic E-state index is 9.72. The summed E-state index contributed by atoms with van der Waals surface area (Å²) in [5.74, 6) is -2.30. The van der Waals surface area contributed by atoms with Gasteiger partial charge >= 0.3 is 26.2 Å². The quantitative estimate of drug-likeness (QED) is 0.647. The van der Waals surface area contributed by atoms with Crippen LogP contribution in [0.2, 0.25) is 0 Å². The van der Waals surface area contributed by atoms with Gasteiger partial charge in [0.15, 0.2) is 0 Å². The topological polar surface area (TPSA) is 80.3 Å². The van der Waals surface area contributed by atoms with Gasteiger partial charge in [-0.1, -0.05) is 27.0 Å². The van der Waals surface area contributed by atoms with E-state index in [-0.39, 0.29) is 37.3 Å². The zero-order valence-electron chi connectivity index (χ0n) is 8.96. The average Bonchev–Trinajstić information content (AvgIpc) is 2.15. The first-order valence-electron chi connectivity index (χ1n) is 4.14. The van der Waals surface area contributed by atoms with Crippen molar-refractivity contribution in [3.63, 3.8) is 0 Å². The van der Waals surface area contributed by atoms with Crippen LogP contribution in [0, 0.1) is 0 Å². The number of hydrogen-bond donors (Lipinski definition) is 0. The molecule has 0 heterocycles. The van der Waals surface area contributed by atoms with E-state index in [1.54, 1.807) is 13.8 Å². The van der Waals surface area contributed by atoms with Crippen LogP contribution in [0.5, 0.6) is 0 Å². The van der Waals surface area contributed by atoms with Gasteiger partial charge in [-0.2, -0.15) is 0 Å². The van der Waals surface area contributed by atoms with Crippen molar-refractivity contribution >= 4 is 11.9 Å². The molecular weight excluding hydrogens is 275 g/mol. The van der Waals surface area contributed by atoms with Gasteiger partial charge in [0.05, 0.1) is 11.9 Å². The van der Waals surface area contributed by atoms with Crippen LogP contribution >= 0.6 is 0 Å². The summed E-state index contributed by atoms with van der Waals surface area (Å²) >= 11 is 0. The normalized spacial score (nSPS) is 7.60. The Hall–Kier alpha value is -0.697. The smallest absolute Gasteiger partial charge is 0.545 e. The summed E-state index contributed by atoms with van der Waals surface area (Å²) in [7, 11) is 0. The van der Waals surface area contributed by atoms with Crippen LogP contribution in [0.15, 0.2) is 24.3 Å². The molecule has 0 atom stereocenters. The Morgan fingerprint density at radius 2 is 1.13 bits per heavy atom. The van der Waals surface area contributed by atoms with Crippen molar-refractivity contribution in [2.75, 3.05) is 0 Å². The molecule has 0 aromatic heterocycles. The molecule has 0 amide bonds. The third-order valence-corrected chi connectivity index (χ3v) is 1.43. The average molecular weight is 289 g/mol. The first kappa shape index (κ1) is 19.8. The number of rotatable bonds is 4. The van der Waals surface area contributed by atoms with E-state index < -0.39 is 11.9 Å². The van der Waals surface area contributed by atoms with Crippen LogP contribution in [-0.4, -0.2) is 11.9 Å².